The van der Waals surface area contributed by atoms with Crippen molar-refractivity contribution in [2.24, 2.45) is 0 Å². The summed E-state index contributed by atoms with van der Waals surface area (Å²) in [7, 11) is 0. The van der Waals surface area contributed by atoms with Crippen LogP contribution < -0.4 is 10.6 Å². The number of halogens is 1. The maximum Gasteiger partial charge on any atom is 0.341 e. The van der Waals surface area contributed by atoms with Crippen molar-refractivity contribution in [1.82, 2.24) is 9.78 Å². The van der Waals surface area contributed by atoms with Gasteiger partial charge in [0.1, 0.15) is 5.00 Å². The molecule has 0 saturated carbocycles. The molecule has 174 valence electrons. The van der Waals surface area contributed by atoms with Gasteiger partial charge in [-0.3, -0.25) is 4.68 Å². The first kappa shape index (κ1) is 23.9. The summed E-state index contributed by atoms with van der Waals surface area (Å²) in [5.74, 6) is -0.372. The maximum absolute atomic E-state index is 12.6. The molecule has 0 bridgehead atoms. The highest BCUT2D eigenvalue weighted by Gasteiger charge is 2.18. The lowest BCUT2D eigenvalue weighted by Crippen LogP contribution is -2.20. The molecule has 4 aromatic rings. The number of nitrogens with zero attached hydrogens (tertiary/aromatic N) is 2. The molecule has 0 saturated heterocycles. The first-order valence-corrected chi connectivity index (χ1v) is 12.3. The summed E-state index contributed by atoms with van der Waals surface area (Å²) < 4.78 is 7.02. The van der Waals surface area contributed by atoms with Crippen LogP contribution in [0.1, 0.15) is 33.3 Å². The Morgan fingerprint density at radius 1 is 1.12 bits per heavy atom. The summed E-state index contributed by atoms with van der Waals surface area (Å²) in [6.07, 6.45) is 4.10. The van der Waals surface area contributed by atoms with Crippen LogP contribution in [0.15, 0.2) is 73.1 Å². The third-order valence-electron chi connectivity index (χ3n) is 4.86. The Morgan fingerprint density at radius 2 is 1.91 bits per heavy atom. The Morgan fingerprint density at radius 3 is 2.65 bits per heavy atom. The highest BCUT2D eigenvalue weighted by Crippen LogP contribution is 2.31. The number of nitrogens with one attached hydrogen (secondary N) is 2. The Hall–Kier alpha value is -3.20. The van der Waals surface area contributed by atoms with Gasteiger partial charge in [-0.1, -0.05) is 54.1 Å². The molecule has 0 aliphatic heterocycles. The van der Waals surface area contributed by atoms with Gasteiger partial charge in [0.05, 0.1) is 29.9 Å². The van der Waals surface area contributed by atoms with Gasteiger partial charge < -0.3 is 15.4 Å². The second-order valence-corrected chi connectivity index (χ2v) is 9.46. The van der Waals surface area contributed by atoms with Crippen LogP contribution in [0.5, 0.6) is 0 Å². The zero-order valence-electron chi connectivity index (χ0n) is 18.5. The van der Waals surface area contributed by atoms with Crippen LogP contribution >= 0.6 is 35.2 Å². The van der Waals surface area contributed by atoms with Crippen LogP contribution in [-0.2, 0) is 17.7 Å². The zero-order valence-corrected chi connectivity index (χ0v) is 20.8. The number of ether oxygens (including phenoxy) is 1. The van der Waals surface area contributed by atoms with Crippen LogP contribution in [-0.4, -0.2) is 27.5 Å². The van der Waals surface area contributed by atoms with E-state index in [0.717, 1.165) is 22.5 Å². The molecule has 0 atom stereocenters. The molecule has 4 rings (SSSR count). The lowest BCUT2D eigenvalue weighted by Gasteiger charge is -2.12. The van der Waals surface area contributed by atoms with Crippen molar-refractivity contribution in [1.29, 1.82) is 0 Å². The SMILES string of the molecule is CCOC(=O)c1cc(Cc2ccccc2)sc1NC(=S)Nc1cccc(Cn2cc(Cl)cn2)c1. The Bertz CT molecular complexity index is 1290. The number of carbonyl (C=O) groups excluding carboxylic acids is 1. The van der Waals surface area contributed by atoms with Crippen LogP contribution in [0.25, 0.3) is 0 Å². The Kier molecular flexibility index (Phi) is 7.95. The quantitative estimate of drug-likeness (QED) is 0.216. The van der Waals surface area contributed by atoms with Crippen molar-refractivity contribution in [2.75, 3.05) is 17.2 Å². The summed E-state index contributed by atoms with van der Waals surface area (Å²) in [5.41, 5.74) is 3.51. The maximum atomic E-state index is 12.6. The molecule has 2 N–H and O–H groups in total. The number of rotatable bonds is 8. The topological polar surface area (TPSA) is 68.2 Å². The van der Waals surface area contributed by atoms with E-state index in [0.29, 0.717) is 33.9 Å². The van der Waals surface area contributed by atoms with E-state index in [9.17, 15) is 4.79 Å². The smallest absolute Gasteiger partial charge is 0.341 e. The van der Waals surface area contributed by atoms with Gasteiger partial charge in [-0.05, 0) is 48.5 Å². The summed E-state index contributed by atoms with van der Waals surface area (Å²) >= 11 is 13.0. The van der Waals surface area contributed by atoms with Crippen molar-refractivity contribution in [3.05, 3.63) is 99.6 Å². The number of anilines is 2. The fourth-order valence-electron chi connectivity index (χ4n) is 3.40. The van der Waals surface area contributed by atoms with Crippen LogP contribution in [0.2, 0.25) is 5.02 Å². The highest BCUT2D eigenvalue weighted by molar-refractivity contribution is 7.80. The molecule has 0 aliphatic rings. The molecule has 0 aliphatic carbocycles. The number of esters is 1. The fourth-order valence-corrected chi connectivity index (χ4v) is 4.93. The van der Waals surface area contributed by atoms with E-state index in [-0.39, 0.29) is 5.97 Å². The van der Waals surface area contributed by atoms with E-state index in [1.807, 2.05) is 48.5 Å². The number of thiocarbonyl (C=S) groups is 1. The van der Waals surface area contributed by atoms with E-state index >= 15 is 0 Å². The lowest BCUT2D eigenvalue weighted by molar-refractivity contribution is 0.0528. The predicted molar refractivity (Wildman–Crippen MR) is 142 cm³/mol. The average Bonchev–Trinajstić information content (AvgIpc) is 3.40. The summed E-state index contributed by atoms with van der Waals surface area (Å²) in [4.78, 5) is 13.6. The molecule has 0 radical (unpaired) electrons. The standard InChI is InChI=1S/C25H23ClN4O2S2/c1-2-32-24(31)22-13-21(12-17-7-4-3-5-8-17)34-23(22)29-25(33)28-20-10-6-9-18(11-20)15-30-16-19(26)14-27-30/h3-11,13-14,16H,2,12,15H2,1H3,(H2,28,29,33). The highest BCUT2D eigenvalue weighted by atomic mass is 35.5. The summed E-state index contributed by atoms with van der Waals surface area (Å²) in [6, 6.07) is 19.9. The molecule has 0 unspecified atom stereocenters. The molecule has 34 heavy (non-hydrogen) atoms. The van der Waals surface area contributed by atoms with Gasteiger partial charge in [0.25, 0.3) is 0 Å². The third-order valence-corrected chi connectivity index (χ3v) is 6.31. The van der Waals surface area contributed by atoms with Crippen molar-refractivity contribution in [3.8, 4) is 0 Å². The minimum Gasteiger partial charge on any atom is -0.462 e. The van der Waals surface area contributed by atoms with E-state index in [1.165, 1.54) is 16.9 Å². The predicted octanol–water partition coefficient (Wildman–Crippen LogP) is 6.22. The number of carbonyl (C=O) groups is 1. The summed E-state index contributed by atoms with van der Waals surface area (Å²) in [5, 5.41) is 12.2. The largest absolute Gasteiger partial charge is 0.462 e. The minimum absolute atomic E-state index is 0.305. The van der Waals surface area contributed by atoms with Crippen LogP contribution in [0, 0.1) is 0 Å². The van der Waals surface area contributed by atoms with Crippen molar-refractivity contribution < 1.29 is 9.53 Å². The molecule has 2 heterocycles. The molecule has 9 heteroatoms. The molecule has 2 aromatic carbocycles. The number of thiophene rings is 1. The van der Waals surface area contributed by atoms with Gasteiger partial charge in [-0.25, -0.2) is 4.79 Å². The molecular formula is C25H23ClN4O2S2. The number of hydrogen-bond donors (Lipinski definition) is 2. The van der Waals surface area contributed by atoms with E-state index in [1.54, 1.807) is 24.0 Å². The summed E-state index contributed by atoms with van der Waals surface area (Å²) in [6.45, 7) is 2.68. The van der Waals surface area contributed by atoms with Gasteiger partial charge in [-0.15, -0.1) is 11.3 Å². The van der Waals surface area contributed by atoms with Crippen LogP contribution in [0.4, 0.5) is 10.7 Å². The van der Waals surface area contributed by atoms with E-state index in [4.69, 9.17) is 28.6 Å². The number of benzene rings is 2. The molecule has 0 amide bonds. The minimum atomic E-state index is -0.372. The van der Waals surface area contributed by atoms with Gasteiger partial charge in [0.15, 0.2) is 5.11 Å². The first-order valence-electron chi connectivity index (χ1n) is 10.7. The van der Waals surface area contributed by atoms with Gasteiger partial charge in [0.2, 0.25) is 0 Å². The van der Waals surface area contributed by atoms with Crippen molar-refractivity contribution in [3.63, 3.8) is 0 Å². The van der Waals surface area contributed by atoms with Gasteiger partial charge in [0, 0.05) is 23.2 Å². The average molecular weight is 511 g/mol. The molecule has 0 spiro atoms. The lowest BCUT2D eigenvalue weighted by atomic mass is 10.1. The zero-order chi connectivity index (χ0) is 23.9. The molecule has 2 aromatic heterocycles. The number of aromatic nitrogens is 2. The van der Waals surface area contributed by atoms with Crippen molar-refractivity contribution in [2.45, 2.75) is 19.9 Å². The molecular weight excluding hydrogens is 488 g/mol. The Balaban J connectivity index is 1.47. The number of hydrogen-bond acceptors (Lipinski definition) is 5. The fraction of sp³-hybridized carbons (Fsp3) is 0.160. The first-order chi connectivity index (χ1) is 16.5. The Labute approximate surface area is 212 Å². The molecule has 6 nitrogen and oxygen atoms in total. The second-order valence-electron chi connectivity index (χ2n) is 7.47. The third kappa shape index (κ3) is 6.44. The monoisotopic (exact) mass is 510 g/mol. The second kappa shape index (κ2) is 11.3. The van der Waals surface area contributed by atoms with E-state index in [2.05, 4.69) is 27.9 Å². The molecule has 0 fully saturated rings. The van der Waals surface area contributed by atoms with E-state index < -0.39 is 0 Å². The van der Waals surface area contributed by atoms with Gasteiger partial charge >= 0.3 is 5.97 Å². The normalized spacial score (nSPS) is 10.6. The van der Waals surface area contributed by atoms with Crippen molar-refractivity contribution >= 4 is 56.9 Å². The van der Waals surface area contributed by atoms with Crippen LogP contribution in [0.3, 0.4) is 0 Å². The van der Waals surface area contributed by atoms with Gasteiger partial charge in [-0.2, -0.15) is 5.10 Å².